The molecule has 1 aromatic carbocycles. The highest BCUT2D eigenvalue weighted by Gasteiger charge is 2.35. The van der Waals surface area contributed by atoms with E-state index in [-0.39, 0.29) is 5.60 Å². The van der Waals surface area contributed by atoms with Crippen LogP contribution in [0.5, 0.6) is 0 Å². The average Bonchev–Trinajstić information content (AvgIpc) is 3.11. The molecular formula is C18H21NO3S2. The molecule has 1 saturated heterocycles. The highest BCUT2D eigenvalue weighted by molar-refractivity contribution is 8.01. The summed E-state index contributed by atoms with van der Waals surface area (Å²) in [7, 11) is 1.79. The lowest BCUT2D eigenvalue weighted by molar-refractivity contribution is -0.0946. The molecule has 6 heteroatoms. The van der Waals surface area contributed by atoms with E-state index in [1.807, 2.05) is 12.1 Å². The third-order valence-electron chi connectivity index (χ3n) is 4.43. The van der Waals surface area contributed by atoms with Gasteiger partial charge in [0.2, 0.25) is 0 Å². The maximum atomic E-state index is 8.83. The fraction of sp³-hybridized carbons (Fsp3) is 0.389. The summed E-state index contributed by atoms with van der Waals surface area (Å²) < 4.78 is 12.6. The molecule has 0 spiro atoms. The molecule has 0 unspecified atom stereocenters. The average molecular weight is 364 g/mol. The quantitative estimate of drug-likeness (QED) is 0.473. The van der Waals surface area contributed by atoms with E-state index in [4.69, 9.17) is 14.7 Å². The lowest BCUT2D eigenvalue weighted by atomic mass is 9.88. The molecule has 0 atom stereocenters. The molecule has 0 amide bonds. The fourth-order valence-electron chi connectivity index (χ4n) is 2.86. The van der Waals surface area contributed by atoms with E-state index in [1.54, 1.807) is 37.1 Å². The second-order valence-corrected chi connectivity index (χ2v) is 8.06. The number of benzene rings is 1. The van der Waals surface area contributed by atoms with Gasteiger partial charge in [0.1, 0.15) is 0 Å². The Hall–Kier alpha value is -1.34. The van der Waals surface area contributed by atoms with Crippen molar-refractivity contribution in [3.63, 3.8) is 0 Å². The first-order valence-corrected chi connectivity index (χ1v) is 9.55. The van der Waals surface area contributed by atoms with Crippen LogP contribution in [0.2, 0.25) is 0 Å². The summed E-state index contributed by atoms with van der Waals surface area (Å²) in [6, 6.07) is 10.3. The predicted molar refractivity (Wildman–Crippen MR) is 97.6 cm³/mol. The Morgan fingerprint density at radius 3 is 2.62 bits per heavy atom. The standard InChI is InChI=1S/C18H21NO3S2/c1-13(19-20)14-3-5-16(6-4-14)24-17-11-15(12-23-17)18(21-2)7-9-22-10-8-18/h3-6,11-12,20H,7-10H2,1-2H3. The Morgan fingerprint density at radius 2 is 2.00 bits per heavy atom. The zero-order valence-corrected chi connectivity index (χ0v) is 15.5. The monoisotopic (exact) mass is 363 g/mol. The van der Waals surface area contributed by atoms with Gasteiger partial charge in [-0.05, 0) is 41.6 Å². The van der Waals surface area contributed by atoms with Gasteiger partial charge in [0.15, 0.2) is 0 Å². The van der Waals surface area contributed by atoms with Gasteiger partial charge in [-0.15, -0.1) is 11.3 Å². The van der Waals surface area contributed by atoms with Gasteiger partial charge >= 0.3 is 0 Å². The largest absolute Gasteiger partial charge is 0.411 e. The van der Waals surface area contributed by atoms with Crippen molar-refractivity contribution in [2.75, 3.05) is 20.3 Å². The molecular weight excluding hydrogens is 342 g/mol. The highest BCUT2D eigenvalue weighted by atomic mass is 32.2. The second kappa shape index (κ2) is 7.70. The summed E-state index contributed by atoms with van der Waals surface area (Å²) in [5, 5.41) is 14.3. The minimum Gasteiger partial charge on any atom is -0.411 e. The molecule has 4 nitrogen and oxygen atoms in total. The number of thiophene rings is 1. The fourth-order valence-corrected chi connectivity index (χ4v) is 4.90. The Labute approximate surface area is 150 Å². The molecule has 2 heterocycles. The third kappa shape index (κ3) is 3.67. The van der Waals surface area contributed by atoms with E-state index < -0.39 is 0 Å². The van der Waals surface area contributed by atoms with Gasteiger partial charge in [-0.2, -0.15) is 0 Å². The molecule has 1 aromatic heterocycles. The number of hydrogen-bond donors (Lipinski definition) is 1. The number of methoxy groups -OCH3 is 1. The molecule has 3 rings (SSSR count). The predicted octanol–water partition coefficient (Wildman–Crippen LogP) is 4.75. The maximum Gasteiger partial charge on any atom is 0.0979 e. The molecule has 2 aromatic rings. The number of ether oxygens (including phenoxy) is 2. The van der Waals surface area contributed by atoms with E-state index in [9.17, 15) is 0 Å². The summed E-state index contributed by atoms with van der Waals surface area (Å²) in [5.41, 5.74) is 2.59. The van der Waals surface area contributed by atoms with E-state index in [2.05, 4.69) is 28.7 Å². The molecule has 0 bridgehead atoms. The van der Waals surface area contributed by atoms with Crippen molar-refractivity contribution >= 4 is 28.8 Å². The molecule has 0 aliphatic carbocycles. The SMILES string of the molecule is COC1(c2csc(Sc3ccc(C(C)=NO)cc3)c2)CCOCC1. The Kier molecular flexibility index (Phi) is 5.61. The van der Waals surface area contributed by atoms with E-state index >= 15 is 0 Å². The number of hydrogen-bond acceptors (Lipinski definition) is 6. The van der Waals surface area contributed by atoms with Crippen LogP contribution in [0, 0.1) is 0 Å². The number of rotatable bonds is 5. The van der Waals surface area contributed by atoms with Crippen molar-refractivity contribution in [3.05, 3.63) is 46.8 Å². The van der Waals surface area contributed by atoms with Crippen LogP contribution in [0.3, 0.4) is 0 Å². The number of nitrogens with zero attached hydrogens (tertiary/aromatic N) is 1. The van der Waals surface area contributed by atoms with Gasteiger partial charge in [-0.3, -0.25) is 0 Å². The zero-order chi connectivity index (χ0) is 17.0. The lowest BCUT2D eigenvalue weighted by Gasteiger charge is -2.35. The molecule has 1 N–H and O–H groups in total. The van der Waals surface area contributed by atoms with Crippen LogP contribution in [-0.2, 0) is 15.1 Å². The molecule has 0 saturated carbocycles. The van der Waals surface area contributed by atoms with Gasteiger partial charge in [-0.25, -0.2) is 0 Å². The van der Waals surface area contributed by atoms with Gasteiger partial charge in [0, 0.05) is 38.1 Å². The van der Waals surface area contributed by atoms with Crippen LogP contribution in [0.1, 0.15) is 30.9 Å². The Balaban J connectivity index is 1.74. The van der Waals surface area contributed by atoms with Crippen LogP contribution in [0.25, 0.3) is 0 Å². The van der Waals surface area contributed by atoms with Crippen molar-refractivity contribution in [3.8, 4) is 0 Å². The molecule has 128 valence electrons. The third-order valence-corrected chi connectivity index (χ3v) is 6.52. The lowest BCUT2D eigenvalue weighted by Crippen LogP contribution is -2.35. The second-order valence-electron chi connectivity index (χ2n) is 5.78. The molecule has 1 aliphatic rings. The Bertz CT molecular complexity index is 703. The smallest absolute Gasteiger partial charge is 0.0979 e. The first kappa shape index (κ1) is 17.5. The van der Waals surface area contributed by atoms with E-state index in [0.717, 1.165) is 36.5 Å². The first-order chi connectivity index (χ1) is 11.7. The van der Waals surface area contributed by atoms with Gasteiger partial charge < -0.3 is 14.7 Å². The first-order valence-electron chi connectivity index (χ1n) is 7.86. The van der Waals surface area contributed by atoms with Crippen LogP contribution < -0.4 is 0 Å². The molecule has 0 radical (unpaired) electrons. The van der Waals surface area contributed by atoms with Crippen LogP contribution in [0.15, 0.2) is 50.0 Å². The summed E-state index contributed by atoms with van der Waals surface area (Å²) in [5.74, 6) is 0. The van der Waals surface area contributed by atoms with Crippen LogP contribution in [0.4, 0.5) is 0 Å². The summed E-state index contributed by atoms with van der Waals surface area (Å²) in [6.45, 7) is 3.28. The highest BCUT2D eigenvalue weighted by Crippen LogP contribution is 2.41. The topological polar surface area (TPSA) is 51.0 Å². The van der Waals surface area contributed by atoms with Gasteiger partial charge in [0.25, 0.3) is 0 Å². The minimum atomic E-state index is -0.202. The van der Waals surface area contributed by atoms with Crippen molar-refractivity contribution < 1.29 is 14.7 Å². The molecule has 1 fully saturated rings. The zero-order valence-electron chi connectivity index (χ0n) is 13.8. The van der Waals surface area contributed by atoms with Crippen molar-refractivity contribution in [2.24, 2.45) is 5.16 Å². The van der Waals surface area contributed by atoms with Crippen molar-refractivity contribution in [1.29, 1.82) is 0 Å². The van der Waals surface area contributed by atoms with Crippen molar-refractivity contribution in [1.82, 2.24) is 0 Å². The Morgan fingerprint density at radius 1 is 1.29 bits per heavy atom. The maximum absolute atomic E-state index is 8.83. The molecule has 1 aliphatic heterocycles. The summed E-state index contributed by atoms with van der Waals surface area (Å²) in [6.07, 6.45) is 1.80. The van der Waals surface area contributed by atoms with E-state index in [1.165, 1.54) is 9.77 Å². The van der Waals surface area contributed by atoms with Gasteiger partial charge in [-0.1, -0.05) is 29.1 Å². The number of oxime groups is 1. The van der Waals surface area contributed by atoms with E-state index in [0.29, 0.717) is 5.71 Å². The normalized spacial score (nSPS) is 17.8. The van der Waals surface area contributed by atoms with Crippen LogP contribution in [-0.4, -0.2) is 31.2 Å². The van der Waals surface area contributed by atoms with Crippen molar-refractivity contribution in [2.45, 2.75) is 34.5 Å². The minimum absolute atomic E-state index is 0.202. The molecule has 24 heavy (non-hydrogen) atoms. The summed E-state index contributed by atoms with van der Waals surface area (Å²) in [4.78, 5) is 1.16. The van der Waals surface area contributed by atoms with Gasteiger partial charge in [0.05, 0.1) is 15.5 Å². The van der Waals surface area contributed by atoms with Crippen LogP contribution >= 0.6 is 23.1 Å². The summed E-state index contributed by atoms with van der Waals surface area (Å²) >= 11 is 3.48.